The molecule has 0 spiro atoms. The number of amides is 1. The summed E-state index contributed by atoms with van der Waals surface area (Å²) in [5.41, 5.74) is 1.11. The van der Waals surface area contributed by atoms with Crippen molar-refractivity contribution < 1.29 is 14.7 Å². The predicted molar refractivity (Wildman–Crippen MR) is 84.1 cm³/mol. The second-order valence-electron chi connectivity index (χ2n) is 5.64. The maximum Gasteiger partial charge on any atom is 0.308 e. The molecule has 1 aliphatic heterocycles. The molecule has 0 saturated carbocycles. The van der Waals surface area contributed by atoms with Gasteiger partial charge in [0.05, 0.1) is 5.92 Å². The van der Waals surface area contributed by atoms with E-state index in [0.717, 1.165) is 16.5 Å². The fourth-order valence-corrected chi connectivity index (χ4v) is 3.46. The highest BCUT2D eigenvalue weighted by atomic mass is 79.9. The third kappa shape index (κ3) is 4.06. The topological polar surface area (TPSA) is 57.6 Å². The molecule has 4 nitrogen and oxygen atoms in total. The Morgan fingerprint density at radius 3 is 2.81 bits per heavy atom. The van der Waals surface area contributed by atoms with Crippen molar-refractivity contribution in [3.05, 3.63) is 34.3 Å². The number of carbonyl (C=O) groups is 2. The van der Waals surface area contributed by atoms with E-state index >= 15 is 0 Å². The van der Waals surface area contributed by atoms with Crippen LogP contribution in [0.15, 0.2) is 28.7 Å². The zero-order valence-corrected chi connectivity index (χ0v) is 13.7. The number of likely N-dealkylation sites (tertiary alicyclic amines) is 1. The standard InChI is InChI=1S/C16H20BrNO3/c1-11(13-6-2-3-7-14(13)17)9-15(19)18-8-4-5-12(10-18)16(20)21/h2-3,6-7,11-12H,4-5,8-10H2,1H3,(H,20,21). The van der Waals surface area contributed by atoms with Crippen molar-refractivity contribution in [1.82, 2.24) is 4.90 Å². The highest BCUT2D eigenvalue weighted by Crippen LogP contribution is 2.28. The SMILES string of the molecule is CC(CC(=O)N1CCCC(C(=O)O)C1)c1ccccc1Br. The van der Waals surface area contributed by atoms with E-state index in [4.69, 9.17) is 5.11 Å². The zero-order chi connectivity index (χ0) is 15.4. The van der Waals surface area contributed by atoms with Crippen molar-refractivity contribution in [1.29, 1.82) is 0 Å². The molecule has 1 heterocycles. The van der Waals surface area contributed by atoms with Crippen LogP contribution in [-0.2, 0) is 9.59 Å². The summed E-state index contributed by atoms with van der Waals surface area (Å²) < 4.78 is 1.01. The number of carboxylic acid groups (broad SMARTS) is 1. The van der Waals surface area contributed by atoms with Crippen molar-refractivity contribution in [3.63, 3.8) is 0 Å². The van der Waals surface area contributed by atoms with Crippen LogP contribution in [0.2, 0.25) is 0 Å². The van der Waals surface area contributed by atoms with Gasteiger partial charge in [0, 0.05) is 24.0 Å². The molecule has 0 radical (unpaired) electrons. The molecule has 1 fully saturated rings. The lowest BCUT2D eigenvalue weighted by atomic mass is 9.94. The molecule has 1 saturated heterocycles. The minimum Gasteiger partial charge on any atom is -0.481 e. The second kappa shape index (κ2) is 7.07. The van der Waals surface area contributed by atoms with Crippen LogP contribution in [0.3, 0.4) is 0 Å². The summed E-state index contributed by atoms with van der Waals surface area (Å²) in [6.07, 6.45) is 1.85. The van der Waals surface area contributed by atoms with E-state index in [0.29, 0.717) is 25.9 Å². The lowest BCUT2D eigenvalue weighted by Crippen LogP contribution is -2.42. The number of hydrogen-bond donors (Lipinski definition) is 1. The van der Waals surface area contributed by atoms with Crippen molar-refractivity contribution in [3.8, 4) is 0 Å². The molecule has 1 aromatic rings. The molecular formula is C16H20BrNO3. The number of carboxylic acids is 1. The first-order chi connectivity index (χ1) is 9.99. The van der Waals surface area contributed by atoms with Gasteiger partial charge >= 0.3 is 5.97 Å². The van der Waals surface area contributed by atoms with Gasteiger partial charge in [0.25, 0.3) is 0 Å². The van der Waals surface area contributed by atoms with Crippen LogP contribution in [0.25, 0.3) is 0 Å². The fraction of sp³-hybridized carbons (Fsp3) is 0.500. The summed E-state index contributed by atoms with van der Waals surface area (Å²) in [5, 5.41) is 9.09. The van der Waals surface area contributed by atoms with Gasteiger partial charge in [0.15, 0.2) is 0 Å². The molecule has 21 heavy (non-hydrogen) atoms. The van der Waals surface area contributed by atoms with Crippen LogP contribution in [0.4, 0.5) is 0 Å². The van der Waals surface area contributed by atoms with Gasteiger partial charge in [-0.1, -0.05) is 41.1 Å². The first kappa shape index (κ1) is 16.0. The number of aliphatic carboxylic acids is 1. The number of piperidine rings is 1. The molecule has 0 aromatic heterocycles. The number of benzene rings is 1. The summed E-state index contributed by atoms with van der Waals surface area (Å²) in [5.74, 6) is -1.06. The normalized spacial score (nSPS) is 20.1. The van der Waals surface area contributed by atoms with E-state index in [1.54, 1.807) is 4.90 Å². The van der Waals surface area contributed by atoms with Crippen molar-refractivity contribution >= 4 is 27.8 Å². The molecule has 0 bridgehead atoms. The summed E-state index contributed by atoms with van der Waals surface area (Å²) in [4.78, 5) is 25.1. The van der Waals surface area contributed by atoms with Gasteiger partial charge in [-0.3, -0.25) is 9.59 Å². The zero-order valence-electron chi connectivity index (χ0n) is 12.1. The van der Waals surface area contributed by atoms with Crippen molar-refractivity contribution in [2.24, 2.45) is 5.92 Å². The average Bonchev–Trinajstić information content (AvgIpc) is 2.47. The molecule has 0 aliphatic carbocycles. The summed E-state index contributed by atoms with van der Waals surface area (Å²) in [6, 6.07) is 7.89. The Morgan fingerprint density at radius 2 is 2.14 bits per heavy atom. The molecule has 2 atom stereocenters. The molecular weight excluding hydrogens is 334 g/mol. The second-order valence-corrected chi connectivity index (χ2v) is 6.50. The Morgan fingerprint density at radius 1 is 1.43 bits per heavy atom. The van der Waals surface area contributed by atoms with Gasteiger partial charge in [0.2, 0.25) is 5.91 Å². The maximum atomic E-state index is 12.4. The minimum atomic E-state index is -0.800. The molecule has 5 heteroatoms. The van der Waals surface area contributed by atoms with E-state index in [1.807, 2.05) is 31.2 Å². The third-order valence-electron chi connectivity index (χ3n) is 4.04. The Balaban J connectivity index is 1.98. The third-order valence-corrected chi connectivity index (χ3v) is 4.76. The fourth-order valence-electron chi connectivity index (χ4n) is 2.78. The lowest BCUT2D eigenvalue weighted by molar-refractivity contribution is -0.145. The highest BCUT2D eigenvalue weighted by Gasteiger charge is 2.28. The van der Waals surface area contributed by atoms with Crippen LogP contribution in [0.1, 0.15) is 37.7 Å². The summed E-state index contributed by atoms with van der Waals surface area (Å²) in [7, 11) is 0. The first-order valence-corrected chi connectivity index (χ1v) is 8.03. The van der Waals surface area contributed by atoms with Gasteiger partial charge < -0.3 is 10.0 Å². The van der Waals surface area contributed by atoms with Crippen LogP contribution in [0.5, 0.6) is 0 Å². The van der Waals surface area contributed by atoms with Crippen molar-refractivity contribution in [2.75, 3.05) is 13.1 Å². The molecule has 2 unspecified atom stereocenters. The van der Waals surface area contributed by atoms with Crippen LogP contribution in [0, 0.1) is 5.92 Å². The Bertz CT molecular complexity index is 532. The quantitative estimate of drug-likeness (QED) is 0.903. The number of rotatable bonds is 4. The Labute approximate surface area is 133 Å². The molecule has 2 rings (SSSR count). The van der Waals surface area contributed by atoms with E-state index in [9.17, 15) is 9.59 Å². The predicted octanol–water partition coefficient (Wildman–Crippen LogP) is 3.27. The van der Waals surface area contributed by atoms with E-state index < -0.39 is 11.9 Å². The number of carbonyl (C=O) groups excluding carboxylic acids is 1. The number of halogens is 1. The largest absolute Gasteiger partial charge is 0.481 e. The van der Waals surface area contributed by atoms with Gasteiger partial charge in [-0.2, -0.15) is 0 Å². The molecule has 114 valence electrons. The summed E-state index contributed by atoms with van der Waals surface area (Å²) in [6.45, 7) is 3.04. The van der Waals surface area contributed by atoms with Gasteiger partial charge in [-0.05, 0) is 30.4 Å². The average molecular weight is 354 g/mol. The number of nitrogens with zero attached hydrogens (tertiary/aromatic N) is 1. The maximum absolute atomic E-state index is 12.4. The summed E-state index contributed by atoms with van der Waals surface area (Å²) >= 11 is 3.51. The molecule has 1 N–H and O–H groups in total. The van der Waals surface area contributed by atoms with Gasteiger partial charge in [-0.25, -0.2) is 0 Å². The molecule has 1 aliphatic rings. The van der Waals surface area contributed by atoms with E-state index in [1.165, 1.54) is 0 Å². The highest BCUT2D eigenvalue weighted by molar-refractivity contribution is 9.10. The Hall–Kier alpha value is -1.36. The van der Waals surface area contributed by atoms with E-state index in [-0.39, 0.29) is 11.8 Å². The van der Waals surface area contributed by atoms with Crippen LogP contribution in [-0.4, -0.2) is 35.0 Å². The lowest BCUT2D eigenvalue weighted by Gasteiger charge is -2.31. The Kier molecular flexibility index (Phi) is 5.39. The molecule has 1 aromatic carbocycles. The first-order valence-electron chi connectivity index (χ1n) is 7.24. The molecule has 1 amide bonds. The smallest absolute Gasteiger partial charge is 0.308 e. The van der Waals surface area contributed by atoms with Crippen molar-refractivity contribution in [2.45, 2.75) is 32.1 Å². The van der Waals surface area contributed by atoms with Crippen LogP contribution >= 0.6 is 15.9 Å². The van der Waals surface area contributed by atoms with Crippen LogP contribution < -0.4 is 0 Å². The van der Waals surface area contributed by atoms with E-state index in [2.05, 4.69) is 15.9 Å². The minimum absolute atomic E-state index is 0.0456. The van der Waals surface area contributed by atoms with Gasteiger partial charge in [-0.15, -0.1) is 0 Å². The van der Waals surface area contributed by atoms with Gasteiger partial charge in [0.1, 0.15) is 0 Å². The number of hydrogen-bond acceptors (Lipinski definition) is 2. The monoisotopic (exact) mass is 353 g/mol.